The Morgan fingerprint density at radius 1 is 1.06 bits per heavy atom. The summed E-state index contributed by atoms with van der Waals surface area (Å²) in [5.41, 5.74) is 1.58. The lowest BCUT2D eigenvalue weighted by Gasteiger charge is -2.37. The molecule has 1 atom stereocenters. The molecule has 0 aliphatic carbocycles. The highest BCUT2D eigenvalue weighted by atomic mass is 16.2. The Labute approximate surface area is 181 Å². The first-order valence-electron chi connectivity index (χ1n) is 10.5. The lowest BCUT2D eigenvalue weighted by atomic mass is 10.1. The predicted molar refractivity (Wildman–Crippen MR) is 116 cm³/mol. The molecule has 4 rings (SSSR count). The summed E-state index contributed by atoms with van der Waals surface area (Å²) in [6.07, 6.45) is 0. The Kier molecular flexibility index (Phi) is 5.58. The number of aryl methyl sites for hydroxylation is 1. The van der Waals surface area contributed by atoms with Gasteiger partial charge in [-0.3, -0.25) is 19.3 Å². The van der Waals surface area contributed by atoms with Gasteiger partial charge in [-0.05, 0) is 32.9 Å². The van der Waals surface area contributed by atoms with E-state index in [-0.39, 0.29) is 5.91 Å². The molecule has 3 amide bonds. The van der Waals surface area contributed by atoms with Crippen LogP contribution in [0.1, 0.15) is 40.3 Å². The van der Waals surface area contributed by atoms with Gasteiger partial charge in [-0.2, -0.15) is 4.98 Å². The van der Waals surface area contributed by atoms with Gasteiger partial charge in [0.25, 0.3) is 11.8 Å². The van der Waals surface area contributed by atoms with Crippen molar-refractivity contribution in [1.29, 1.82) is 0 Å². The van der Waals surface area contributed by atoms with Crippen LogP contribution in [0.4, 0.5) is 11.8 Å². The van der Waals surface area contributed by atoms with Crippen molar-refractivity contribution in [3.63, 3.8) is 0 Å². The molecule has 0 bridgehead atoms. The molecule has 3 heterocycles. The number of hydrogen-bond acceptors (Lipinski definition) is 7. The number of nitrogens with one attached hydrogen (secondary N) is 1. The number of carbonyl (C=O) groups is 3. The average molecular weight is 422 g/mol. The van der Waals surface area contributed by atoms with Crippen LogP contribution in [-0.2, 0) is 4.79 Å². The van der Waals surface area contributed by atoms with E-state index in [0.29, 0.717) is 43.3 Å². The van der Waals surface area contributed by atoms with Crippen LogP contribution in [-0.4, -0.2) is 76.3 Å². The van der Waals surface area contributed by atoms with Crippen molar-refractivity contribution >= 4 is 29.5 Å². The molecule has 1 aromatic heterocycles. The smallest absolute Gasteiger partial charge is 0.262 e. The molecule has 1 fully saturated rings. The summed E-state index contributed by atoms with van der Waals surface area (Å²) in [6.45, 7) is 8.48. The standard InChI is InChI=1S/C22H26N6O3/c1-4-23-22-24-14(2)13-18(25-22)26-9-11-27(12-10-26)19(29)15(3)28-20(30)16-7-5-6-8-17(16)21(28)31/h5-8,13,15H,4,9-12H2,1-3H3,(H,23,24,25). The zero-order chi connectivity index (χ0) is 22.1. The molecule has 0 radical (unpaired) electrons. The quantitative estimate of drug-likeness (QED) is 0.730. The van der Waals surface area contributed by atoms with Crippen molar-refractivity contribution < 1.29 is 14.4 Å². The molecule has 1 aromatic carbocycles. The van der Waals surface area contributed by atoms with Crippen LogP contribution in [0.3, 0.4) is 0 Å². The van der Waals surface area contributed by atoms with Gasteiger partial charge in [0.2, 0.25) is 11.9 Å². The molecule has 162 valence electrons. The minimum Gasteiger partial charge on any atom is -0.354 e. The summed E-state index contributed by atoms with van der Waals surface area (Å²) in [7, 11) is 0. The minimum atomic E-state index is -0.847. The summed E-state index contributed by atoms with van der Waals surface area (Å²) in [4.78, 5) is 52.3. The molecule has 31 heavy (non-hydrogen) atoms. The highest BCUT2D eigenvalue weighted by Crippen LogP contribution is 2.25. The van der Waals surface area contributed by atoms with Crippen LogP contribution < -0.4 is 10.2 Å². The second kappa shape index (κ2) is 8.33. The number of benzene rings is 1. The Morgan fingerprint density at radius 3 is 2.26 bits per heavy atom. The van der Waals surface area contributed by atoms with Crippen LogP contribution in [0.5, 0.6) is 0 Å². The lowest BCUT2D eigenvalue weighted by Crippen LogP contribution is -2.55. The molecular weight excluding hydrogens is 396 g/mol. The zero-order valence-corrected chi connectivity index (χ0v) is 18.0. The van der Waals surface area contributed by atoms with E-state index >= 15 is 0 Å². The van der Waals surface area contributed by atoms with Crippen LogP contribution in [0.2, 0.25) is 0 Å². The maximum absolute atomic E-state index is 13.1. The van der Waals surface area contributed by atoms with Gasteiger partial charge in [0.15, 0.2) is 0 Å². The molecule has 1 unspecified atom stereocenters. The van der Waals surface area contributed by atoms with Crippen molar-refractivity contribution in [1.82, 2.24) is 19.8 Å². The molecule has 1 N–H and O–H groups in total. The largest absolute Gasteiger partial charge is 0.354 e. The lowest BCUT2D eigenvalue weighted by molar-refractivity contribution is -0.135. The fourth-order valence-electron chi connectivity index (χ4n) is 4.04. The predicted octanol–water partition coefficient (Wildman–Crippen LogP) is 1.55. The Bertz CT molecular complexity index is 997. The Hall–Kier alpha value is -3.49. The van der Waals surface area contributed by atoms with Crippen LogP contribution in [0.15, 0.2) is 30.3 Å². The summed E-state index contributed by atoms with van der Waals surface area (Å²) >= 11 is 0. The van der Waals surface area contributed by atoms with E-state index in [4.69, 9.17) is 0 Å². The van der Waals surface area contributed by atoms with Crippen LogP contribution >= 0.6 is 0 Å². The Morgan fingerprint density at radius 2 is 1.68 bits per heavy atom. The Balaban J connectivity index is 1.42. The molecule has 1 saturated heterocycles. The fraction of sp³-hybridized carbons (Fsp3) is 0.409. The number of hydrogen-bond donors (Lipinski definition) is 1. The first-order chi connectivity index (χ1) is 14.9. The molecular formula is C22H26N6O3. The second-order valence-electron chi connectivity index (χ2n) is 7.74. The number of fused-ring (bicyclic) bond motifs is 1. The average Bonchev–Trinajstić information content (AvgIpc) is 3.03. The van der Waals surface area contributed by atoms with Crippen molar-refractivity contribution in [2.45, 2.75) is 26.8 Å². The number of rotatable bonds is 5. The zero-order valence-electron chi connectivity index (χ0n) is 18.0. The second-order valence-corrected chi connectivity index (χ2v) is 7.74. The third-order valence-electron chi connectivity index (χ3n) is 5.66. The number of piperazine rings is 1. The number of carbonyl (C=O) groups excluding carboxylic acids is 3. The first-order valence-corrected chi connectivity index (χ1v) is 10.5. The van der Waals surface area contributed by atoms with E-state index in [1.165, 1.54) is 0 Å². The van der Waals surface area contributed by atoms with Crippen molar-refractivity contribution in [2.75, 3.05) is 42.9 Å². The normalized spacial score (nSPS) is 17.1. The fourth-order valence-corrected chi connectivity index (χ4v) is 4.04. The summed E-state index contributed by atoms with van der Waals surface area (Å²) < 4.78 is 0. The van der Waals surface area contributed by atoms with E-state index in [2.05, 4.69) is 20.2 Å². The van der Waals surface area contributed by atoms with Crippen molar-refractivity contribution in [3.05, 3.63) is 47.2 Å². The van der Waals surface area contributed by atoms with E-state index in [1.54, 1.807) is 36.1 Å². The third-order valence-corrected chi connectivity index (χ3v) is 5.66. The van der Waals surface area contributed by atoms with Gasteiger partial charge in [-0.25, -0.2) is 4.98 Å². The molecule has 9 heteroatoms. The summed E-state index contributed by atoms with van der Waals surface area (Å²) in [6, 6.07) is 7.76. The van der Waals surface area contributed by atoms with Crippen molar-refractivity contribution in [3.8, 4) is 0 Å². The van der Waals surface area contributed by atoms with Gasteiger partial charge in [0.05, 0.1) is 11.1 Å². The highest BCUT2D eigenvalue weighted by molar-refractivity contribution is 6.22. The summed E-state index contributed by atoms with van der Waals surface area (Å²) in [5.74, 6) is 0.376. The maximum atomic E-state index is 13.1. The van der Waals surface area contributed by atoms with E-state index in [0.717, 1.165) is 23.0 Å². The molecule has 0 spiro atoms. The van der Waals surface area contributed by atoms with E-state index < -0.39 is 17.9 Å². The molecule has 2 aromatic rings. The molecule has 2 aliphatic heterocycles. The van der Waals surface area contributed by atoms with Gasteiger partial charge in [0.1, 0.15) is 11.9 Å². The topological polar surface area (TPSA) is 98.7 Å². The first kappa shape index (κ1) is 20.8. The maximum Gasteiger partial charge on any atom is 0.262 e. The van der Waals surface area contributed by atoms with Gasteiger partial charge >= 0.3 is 0 Å². The van der Waals surface area contributed by atoms with E-state index in [1.807, 2.05) is 19.9 Å². The SMILES string of the molecule is CCNc1nc(C)cc(N2CCN(C(=O)C(C)N3C(=O)c4ccccc4C3=O)CC2)n1. The summed E-state index contributed by atoms with van der Waals surface area (Å²) in [5, 5.41) is 3.13. The molecule has 2 aliphatic rings. The minimum absolute atomic E-state index is 0.221. The van der Waals surface area contributed by atoms with Gasteiger partial charge in [-0.1, -0.05) is 12.1 Å². The number of anilines is 2. The third kappa shape index (κ3) is 3.83. The van der Waals surface area contributed by atoms with Gasteiger partial charge < -0.3 is 15.1 Å². The number of imide groups is 1. The monoisotopic (exact) mass is 422 g/mol. The van der Waals surface area contributed by atoms with Crippen molar-refractivity contribution in [2.24, 2.45) is 0 Å². The number of nitrogens with zero attached hydrogens (tertiary/aromatic N) is 5. The van der Waals surface area contributed by atoms with Crippen LogP contribution in [0, 0.1) is 6.92 Å². The van der Waals surface area contributed by atoms with E-state index in [9.17, 15) is 14.4 Å². The highest BCUT2D eigenvalue weighted by Gasteiger charge is 2.42. The molecule has 0 saturated carbocycles. The van der Waals surface area contributed by atoms with Crippen LogP contribution in [0.25, 0.3) is 0 Å². The van der Waals surface area contributed by atoms with Gasteiger partial charge in [-0.15, -0.1) is 0 Å². The number of amides is 3. The van der Waals surface area contributed by atoms with Gasteiger partial charge in [0, 0.05) is 44.5 Å². The molecule has 9 nitrogen and oxygen atoms in total. The number of aromatic nitrogens is 2.